The van der Waals surface area contributed by atoms with Crippen molar-refractivity contribution in [3.63, 3.8) is 0 Å². The number of furan rings is 1. The Morgan fingerprint density at radius 2 is 2.13 bits per heavy atom. The topological polar surface area (TPSA) is 45.9 Å². The number of piperazine rings is 1. The first kappa shape index (κ1) is 14.3. The summed E-state index contributed by atoms with van der Waals surface area (Å²) < 4.78 is 10.8. The maximum Gasteiger partial charge on any atom is 0.410 e. The molecule has 2 aliphatic rings. The molecule has 120 valence electrons. The molecule has 1 aromatic heterocycles. The van der Waals surface area contributed by atoms with Crippen molar-refractivity contribution < 1.29 is 13.9 Å². The molecule has 23 heavy (non-hydrogen) atoms. The van der Waals surface area contributed by atoms with Crippen molar-refractivity contribution in [2.24, 2.45) is 0 Å². The summed E-state index contributed by atoms with van der Waals surface area (Å²) in [5.41, 5.74) is 2.36. The van der Waals surface area contributed by atoms with Crippen molar-refractivity contribution in [3.8, 4) is 11.3 Å². The molecule has 0 unspecified atom stereocenters. The summed E-state index contributed by atoms with van der Waals surface area (Å²) in [6, 6.07) is 12.7. The van der Waals surface area contributed by atoms with Gasteiger partial charge in [-0.3, -0.25) is 9.80 Å². The van der Waals surface area contributed by atoms with Crippen LogP contribution in [0.15, 0.2) is 40.8 Å². The molecule has 0 saturated carbocycles. The second kappa shape index (κ2) is 5.74. The number of carbonyl (C=O) groups is 1. The van der Waals surface area contributed by atoms with Gasteiger partial charge in [0.15, 0.2) is 0 Å². The first-order valence-electron chi connectivity index (χ1n) is 8.00. The highest BCUT2D eigenvalue weighted by molar-refractivity contribution is 5.70. The zero-order chi connectivity index (χ0) is 15.8. The Hall–Kier alpha value is -2.27. The Kier molecular flexibility index (Phi) is 3.58. The normalized spacial score (nSPS) is 21.3. The molecule has 2 aliphatic heterocycles. The molecule has 0 bridgehead atoms. The summed E-state index contributed by atoms with van der Waals surface area (Å²) >= 11 is 0. The lowest BCUT2D eigenvalue weighted by Crippen LogP contribution is -2.51. The van der Waals surface area contributed by atoms with Crippen LogP contribution in [-0.4, -0.2) is 48.2 Å². The Bertz CT molecular complexity index is 725. The van der Waals surface area contributed by atoms with Gasteiger partial charge in [0.25, 0.3) is 0 Å². The zero-order valence-corrected chi connectivity index (χ0v) is 13.2. The summed E-state index contributed by atoms with van der Waals surface area (Å²) in [5.74, 6) is 1.83. The number of hydrogen-bond acceptors (Lipinski definition) is 4. The first-order chi connectivity index (χ1) is 11.2. The van der Waals surface area contributed by atoms with E-state index in [4.69, 9.17) is 9.15 Å². The highest BCUT2D eigenvalue weighted by Gasteiger charge is 2.37. The van der Waals surface area contributed by atoms with Crippen LogP contribution in [0.1, 0.15) is 11.3 Å². The lowest BCUT2D eigenvalue weighted by molar-refractivity contribution is 0.115. The number of hydrogen-bond donors (Lipinski definition) is 0. The molecule has 1 atom stereocenters. The Morgan fingerprint density at radius 1 is 1.22 bits per heavy atom. The summed E-state index contributed by atoms with van der Waals surface area (Å²) in [6.45, 7) is 5.86. The van der Waals surface area contributed by atoms with Crippen LogP contribution in [-0.2, 0) is 11.3 Å². The predicted octanol–water partition coefficient (Wildman–Crippen LogP) is 2.89. The molecule has 1 amide bonds. The highest BCUT2D eigenvalue weighted by Crippen LogP contribution is 2.24. The Morgan fingerprint density at radius 3 is 2.96 bits per heavy atom. The second-order valence-electron chi connectivity index (χ2n) is 6.27. The molecule has 5 nitrogen and oxygen atoms in total. The number of benzene rings is 1. The fourth-order valence-electron chi connectivity index (χ4n) is 3.37. The predicted molar refractivity (Wildman–Crippen MR) is 86.0 cm³/mol. The van der Waals surface area contributed by atoms with Gasteiger partial charge in [-0.15, -0.1) is 0 Å². The van der Waals surface area contributed by atoms with Gasteiger partial charge in [-0.2, -0.15) is 0 Å². The molecule has 1 aromatic carbocycles. The van der Waals surface area contributed by atoms with Gasteiger partial charge in [-0.1, -0.05) is 18.2 Å². The number of nitrogens with zero attached hydrogens (tertiary/aromatic N) is 2. The van der Waals surface area contributed by atoms with Crippen LogP contribution in [0.3, 0.4) is 0 Å². The van der Waals surface area contributed by atoms with Crippen molar-refractivity contribution in [1.82, 2.24) is 9.80 Å². The van der Waals surface area contributed by atoms with Crippen LogP contribution in [0.25, 0.3) is 11.3 Å². The largest absolute Gasteiger partial charge is 0.461 e. The molecular weight excluding hydrogens is 292 g/mol. The van der Waals surface area contributed by atoms with Crippen molar-refractivity contribution >= 4 is 6.09 Å². The van der Waals surface area contributed by atoms with Crippen LogP contribution >= 0.6 is 0 Å². The van der Waals surface area contributed by atoms with Crippen LogP contribution in [0.5, 0.6) is 0 Å². The van der Waals surface area contributed by atoms with E-state index >= 15 is 0 Å². The molecule has 5 heteroatoms. The third-order valence-corrected chi connectivity index (χ3v) is 4.56. The number of aryl methyl sites for hydroxylation is 1. The van der Waals surface area contributed by atoms with Crippen molar-refractivity contribution in [2.75, 3.05) is 26.2 Å². The van der Waals surface area contributed by atoms with Gasteiger partial charge < -0.3 is 9.15 Å². The summed E-state index contributed by atoms with van der Waals surface area (Å²) in [6.07, 6.45) is -0.162. The van der Waals surface area contributed by atoms with Crippen LogP contribution < -0.4 is 0 Å². The number of ether oxygens (including phenoxy) is 1. The van der Waals surface area contributed by atoms with E-state index < -0.39 is 0 Å². The van der Waals surface area contributed by atoms with Crippen molar-refractivity contribution in [2.45, 2.75) is 19.5 Å². The standard InChI is InChI=1S/C18H20N2O3/c1-13-5-6-17(23-13)15-4-2-3-14(9-15)10-19-7-8-20-16(11-19)12-22-18(20)21/h2-6,9,16H,7-8,10-12H2,1H3/t16-/m1/s1. The van der Waals surface area contributed by atoms with Gasteiger partial charge in [0.2, 0.25) is 0 Å². The molecular formula is C18H20N2O3. The summed E-state index contributed by atoms with van der Waals surface area (Å²) in [5, 5.41) is 0. The van der Waals surface area contributed by atoms with Crippen LogP contribution in [0.2, 0.25) is 0 Å². The van der Waals surface area contributed by atoms with Gasteiger partial charge in [-0.05, 0) is 30.7 Å². The van der Waals surface area contributed by atoms with Crippen LogP contribution in [0, 0.1) is 6.92 Å². The molecule has 0 aliphatic carbocycles. The molecule has 2 aromatic rings. The van der Waals surface area contributed by atoms with E-state index in [1.54, 1.807) is 0 Å². The SMILES string of the molecule is Cc1ccc(-c2cccc(CN3CCN4C(=O)OC[C@H]4C3)c2)o1. The molecule has 2 fully saturated rings. The Labute approximate surface area is 135 Å². The second-order valence-corrected chi connectivity index (χ2v) is 6.27. The molecule has 0 spiro atoms. The van der Waals surface area contributed by atoms with E-state index in [0.29, 0.717) is 6.61 Å². The first-order valence-corrected chi connectivity index (χ1v) is 8.00. The van der Waals surface area contributed by atoms with Gasteiger partial charge in [0.1, 0.15) is 18.1 Å². The third-order valence-electron chi connectivity index (χ3n) is 4.56. The summed E-state index contributed by atoms with van der Waals surface area (Å²) in [4.78, 5) is 15.8. The number of carbonyl (C=O) groups excluding carboxylic acids is 1. The van der Waals surface area contributed by atoms with E-state index in [9.17, 15) is 4.79 Å². The number of fused-ring (bicyclic) bond motifs is 1. The minimum Gasteiger partial charge on any atom is -0.461 e. The number of cyclic esters (lactones) is 1. The fourth-order valence-corrected chi connectivity index (χ4v) is 3.37. The summed E-state index contributed by atoms with van der Waals surface area (Å²) in [7, 11) is 0. The van der Waals surface area contributed by atoms with Gasteiger partial charge in [0.05, 0.1) is 6.04 Å². The van der Waals surface area contributed by atoms with Crippen molar-refractivity contribution in [3.05, 3.63) is 47.7 Å². The minimum absolute atomic E-state index is 0.162. The third kappa shape index (κ3) is 2.84. The number of amides is 1. The lowest BCUT2D eigenvalue weighted by atomic mass is 10.1. The maximum atomic E-state index is 11.6. The van der Waals surface area contributed by atoms with E-state index in [1.807, 2.05) is 24.0 Å². The molecule has 0 radical (unpaired) electrons. The minimum atomic E-state index is -0.162. The van der Waals surface area contributed by atoms with E-state index in [1.165, 1.54) is 5.56 Å². The zero-order valence-electron chi connectivity index (χ0n) is 13.2. The lowest BCUT2D eigenvalue weighted by Gasteiger charge is -2.35. The monoisotopic (exact) mass is 312 g/mol. The fraction of sp³-hybridized carbons (Fsp3) is 0.389. The van der Waals surface area contributed by atoms with E-state index in [-0.39, 0.29) is 12.1 Å². The quantitative estimate of drug-likeness (QED) is 0.874. The highest BCUT2D eigenvalue weighted by atomic mass is 16.6. The van der Waals surface area contributed by atoms with Crippen molar-refractivity contribution in [1.29, 1.82) is 0 Å². The molecule has 3 heterocycles. The van der Waals surface area contributed by atoms with Gasteiger partial charge >= 0.3 is 6.09 Å². The molecule has 0 N–H and O–H groups in total. The van der Waals surface area contributed by atoms with Gasteiger partial charge in [0, 0.05) is 31.7 Å². The molecule has 4 rings (SSSR count). The Balaban J connectivity index is 1.46. The van der Waals surface area contributed by atoms with Crippen LogP contribution in [0.4, 0.5) is 4.79 Å². The average Bonchev–Trinajstić information content (AvgIpc) is 3.14. The smallest absolute Gasteiger partial charge is 0.410 e. The van der Waals surface area contributed by atoms with E-state index in [2.05, 4.69) is 29.2 Å². The molecule has 2 saturated heterocycles. The number of rotatable bonds is 3. The average molecular weight is 312 g/mol. The van der Waals surface area contributed by atoms with E-state index in [0.717, 1.165) is 43.3 Å². The maximum absolute atomic E-state index is 11.6. The van der Waals surface area contributed by atoms with Gasteiger partial charge in [-0.25, -0.2) is 4.79 Å².